The molecule has 0 aliphatic carbocycles. The first-order chi connectivity index (χ1) is 33.1. The van der Waals surface area contributed by atoms with Crippen molar-refractivity contribution in [3.8, 4) is 0 Å². The van der Waals surface area contributed by atoms with E-state index in [-0.39, 0.29) is 22.9 Å². The molecule has 0 amide bonds. The molecule has 3 heterocycles. The SMILES string of the molecule is CCC(O)CN(/N=C/c1ccc2c(c1)c1ccccc1n2CC)c1ccc(S(=O)(=O)c2ccc(N(CC(O)CSc3nnc(SC)s3)/N=C/c3ccc4c(c3)c3ccccc3n4CC)cc2)cc1. The van der Waals surface area contributed by atoms with Gasteiger partial charge in [0.15, 0.2) is 8.68 Å². The van der Waals surface area contributed by atoms with Crippen molar-refractivity contribution in [3.63, 3.8) is 0 Å². The van der Waals surface area contributed by atoms with E-state index in [0.29, 0.717) is 23.5 Å². The van der Waals surface area contributed by atoms with Crippen molar-refractivity contribution in [1.29, 1.82) is 0 Å². The van der Waals surface area contributed by atoms with E-state index in [1.165, 1.54) is 56.7 Å². The van der Waals surface area contributed by atoms with Gasteiger partial charge in [-0.05, 0) is 123 Å². The lowest BCUT2D eigenvalue weighted by atomic mass is 10.1. The molecule has 12 nitrogen and oxygen atoms in total. The summed E-state index contributed by atoms with van der Waals surface area (Å²) < 4.78 is 34.5. The third kappa shape index (κ3) is 9.79. The molecule has 6 aromatic carbocycles. The van der Waals surface area contributed by atoms with Crippen molar-refractivity contribution >= 4 is 112 Å². The molecule has 0 aliphatic rings. The van der Waals surface area contributed by atoms with Gasteiger partial charge >= 0.3 is 0 Å². The van der Waals surface area contributed by atoms with Crippen molar-refractivity contribution in [2.24, 2.45) is 10.2 Å². The number of hydrogen-bond acceptors (Lipinski definition) is 13. The maximum atomic E-state index is 14.1. The molecule has 0 saturated carbocycles. The smallest absolute Gasteiger partial charge is 0.206 e. The first-order valence-electron chi connectivity index (χ1n) is 22.5. The maximum Gasteiger partial charge on any atom is 0.206 e. The molecule has 348 valence electrons. The number of nitrogens with zero attached hydrogens (tertiary/aromatic N) is 8. The fourth-order valence-electron chi connectivity index (χ4n) is 8.51. The highest BCUT2D eigenvalue weighted by atomic mass is 32.2. The van der Waals surface area contributed by atoms with Gasteiger partial charge < -0.3 is 19.3 Å². The van der Waals surface area contributed by atoms with Crippen LogP contribution in [0.3, 0.4) is 0 Å². The molecule has 2 unspecified atom stereocenters. The van der Waals surface area contributed by atoms with Crippen LogP contribution in [0.25, 0.3) is 43.6 Å². The number of fused-ring (bicyclic) bond motifs is 6. The Morgan fingerprint density at radius 1 is 0.618 bits per heavy atom. The summed E-state index contributed by atoms with van der Waals surface area (Å²) in [6.45, 7) is 8.27. The number of rotatable bonds is 19. The summed E-state index contributed by atoms with van der Waals surface area (Å²) >= 11 is 4.45. The largest absolute Gasteiger partial charge is 0.391 e. The number of aliphatic hydroxyl groups is 2. The number of aromatic nitrogens is 4. The molecule has 9 rings (SSSR count). The van der Waals surface area contributed by atoms with E-state index in [0.717, 1.165) is 54.7 Å². The lowest BCUT2D eigenvalue weighted by Gasteiger charge is -2.23. The minimum absolute atomic E-state index is 0.115. The van der Waals surface area contributed by atoms with Gasteiger partial charge in [-0.2, -0.15) is 10.2 Å². The highest BCUT2D eigenvalue weighted by Crippen LogP contribution is 2.33. The number of sulfone groups is 1. The average Bonchev–Trinajstić information content (AvgIpc) is 4.07. The van der Waals surface area contributed by atoms with E-state index in [9.17, 15) is 18.6 Å². The second-order valence-electron chi connectivity index (χ2n) is 16.3. The van der Waals surface area contributed by atoms with Crippen LogP contribution in [0.15, 0.2) is 162 Å². The molecule has 2 atom stereocenters. The summed E-state index contributed by atoms with van der Waals surface area (Å²) in [7, 11) is -3.94. The zero-order valence-corrected chi connectivity index (χ0v) is 41.4. The van der Waals surface area contributed by atoms with E-state index in [1.54, 1.807) is 71.0 Å². The molecule has 0 radical (unpaired) electrons. The Kier molecular flexibility index (Phi) is 14.3. The number of para-hydroxylation sites is 2. The van der Waals surface area contributed by atoms with Gasteiger partial charge in [-0.1, -0.05) is 90.3 Å². The molecule has 3 aromatic heterocycles. The number of thioether (sulfide) groups is 2. The Balaban J connectivity index is 0.957. The van der Waals surface area contributed by atoms with Gasteiger partial charge in [0, 0.05) is 62.5 Å². The fourth-order valence-corrected chi connectivity index (χ4v) is 12.2. The zero-order valence-electron chi connectivity index (χ0n) is 38.2. The predicted octanol–water partition coefficient (Wildman–Crippen LogP) is 11.0. The van der Waals surface area contributed by atoms with Crippen LogP contribution in [-0.2, 0) is 22.9 Å². The van der Waals surface area contributed by atoms with E-state index in [4.69, 9.17) is 10.2 Å². The third-order valence-electron chi connectivity index (χ3n) is 12.0. The molecule has 0 bridgehead atoms. The van der Waals surface area contributed by atoms with Crippen LogP contribution in [0.4, 0.5) is 11.4 Å². The Bertz CT molecular complexity index is 3380. The molecular weight excluding hydrogens is 929 g/mol. The molecule has 2 N–H and O–H groups in total. The summed E-state index contributed by atoms with van der Waals surface area (Å²) in [5.41, 5.74) is 7.70. The molecule has 0 saturated heterocycles. The Labute approximate surface area is 408 Å². The minimum Gasteiger partial charge on any atom is -0.391 e. The number of benzene rings is 6. The fraction of sp³-hybridized carbons (Fsp3) is 0.231. The van der Waals surface area contributed by atoms with Crippen molar-refractivity contribution in [3.05, 3.63) is 145 Å². The first kappa shape index (κ1) is 47.1. The van der Waals surface area contributed by atoms with E-state index >= 15 is 0 Å². The molecule has 68 heavy (non-hydrogen) atoms. The van der Waals surface area contributed by atoms with Crippen molar-refractivity contribution in [2.75, 3.05) is 35.1 Å². The average molecular weight is 981 g/mol. The third-order valence-corrected chi connectivity index (χ3v) is 17.0. The van der Waals surface area contributed by atoms with Crippen LogP contribution < -0.4 is 10.0 Å². The molecule has 0 aliphatic heterocycles. The van der Waals surface area contributed by atoms with Crippen LogP contribution in [0, 0.1) is 0 Å². The number of anilines is 2. The summed E-state index contributed by atoms with van der Waals surface area (Å²) in [4.78, 5) is 0.235. The van der Waals surface area contributed by atoms with Crippen molar-refractivity contribution in [1.82, 2.24) is 19.3 Å². The van der Waals surface area contributed by atoms with Gasteiger partial charge in [0.1, 0.15) is 0 Å². The molecule has 0 fully saturated rings. The highest BCUT2D eigenvalue weighted by molar-refractivity contribution is 8.03. The Morgan fingerprint density at radius 2 is 1.07 bits per heavy atom. The van der Waals surface area contributed by atoms with Gasteiger partial charge in [-0.15, -0.1) is 10.2 Å². The Hall–Kier alpha value is -6.01. The van der Waals surface area contributed by atoms with Crippen LogP contribution in [-0.4, -0.2) is 87.7 Å². The minimum atomic E-state index is -3.94. The normalized spacial score (nSPS) is 13.2. The summed E-state index contributed by atoms with van der Waals surface area (Å²) in [5.74, 6) is 0.362. The van der Waals surface area contributed by atoms with Crippen molar-refractivity contribution in [2.45, 2.75) is 71.0 Å². The first-order valence-corrected chi connectivity index (χ1v) is 27.1. The quantitative estimate of drug-likeness (QED) is 0.0457. The van der Waals surface area contributed by atoms with E-state index in [1.807, 2.05) is 31.4 Å². The van der Waals surface area contributed by atoms with Crippen LogP contribution in [0.1, 0.15) is 38.3 Å². The number of hydrogen-bond donors (Lipinski definition) is 2. The Morgan fingerprint density at radius 3 is 1.53 bits per heavy atom. The molecule has 0 spiro atoms. The molecule has 16 heteroatoms. The van der Waals surface area contributed by atoms with Crippen LogP contribution >= 0.6 is 34.9 Å². The van der Waals surface area contributed by atoms with Crippen molar-refractivity contribution < 1.29 is 18.6 Å². The predicted molar refractivity (Wildman–Crippen MR) is 283 cm³/mol. The van der Waals surface area contributed by atoms with Gasteiger partial charge in [0.2, 0.25) is 9.84 Å². The van der Waals surface area contributed by atoms with Gasteiger partial charge in [-0.3, -0.25) is 10.0 Å². The zero-order chi connectivity index (χ0) is 47.4. The standard InChI is InChI=1S/C52H52N8O4S4/c1-5-39(61)32-59(53-30-35-16-26-49-45(28-35)43-12-8-10-14-47(43)57(49)6-2)37-18-22-41(23-19-37)68(63,64)42-24-20-38(21-25-42)60(33-40(62)34-66-52-56-55-51(65-4)67-52)54-31-36-17-27-50-46(29-36)44-13-9-11-15-48(44)58(50)7-3/h8-31,39-40,61-62H,5-7,32-34H2,1-4H3/b53-30+,54-31+. The second kappa shape index (κ2) is 20.7. The topological polar surface area (TPSA) is 141 Å². The van der Waals surface area contributed by atoms with Gasteiger partial charge in [0.25, 0.3) is 0 Å². The van der Waals surface area contributed by atoms with Crippen LogP contribution in [0.5, 0.6) is 0 Å². The number of aryl methyl sites for hydroxylation is 2. The molecule has 9 aromatic rings. The summed E-state index contributed by atoms with van der Waals surface area (Å²) in [5, 5.41) is 48.1. The summed E-state index contributed by atoms with van der Waals surface area (Å²) in [6.07, 6.45) is 4.59. The second-order valence-corrected chi connectivity index (χ2v) is 21.5. The number of hydrazone groups is 2. The van der Waals surface area contributed by atoms with Gasteiger partial charge in [0.05, 0.1) is 58.9 Å². The summed E-state index contributed by atoms with van der Waals surface area (Å²) in [6, 6.07) is 42.5. The lowest BCUT2D eigenvalue weighted by molar-refractivity contribution is 0.176. The highest BCUT2D eigenvalue weighted by Gasteiger charge is 2.21. The lowest BCUT2D eigenvalue weighted by Crippen LogP contribution is -2.30. The molecular formula is C52H52N8O4S4. The maximum absolute atomic E-state index is 14.1. The number of aliphatic hydroxyl groups excluding tert-OH is 2. The van der Waals surface area contributed by atoms with E-state index in [2.05, 4.69) is 99.9 Å². The monoisotopic (exact) mass is 980 g/mol. The van der Waals surface area contributed by atoms with Crippen LogP contribution in [0.2, 0.25) is 0 Å². The van der Waals surface area contributed by atoms with E-state index < -0.39 is 22.0 Å². The van der Waals surface area contributed by atoms with Gasteiger partial charge in [-0.25, -0.2) is 8.42 Å².